The Kier molecular flexibility index (Phi) is 3.96. The van der Waals surface area contributed by atoms with Gasteiger partial charge in [0.2, 0.25) is 10.0 Å². The number of hydrogen-bond acceptors (Lipinski definition) is 4. The van der Waals surface area contributed by atoms with Crippen LogP contribution >= 0.6 is 0 Å². The highest BCUT2D eigenvalue weighted by Gasteiger charge is 2.40. The molecule has 0 radical (unpaired) electrons. The van der Waals surface area contributed by atoms with Crippen LogP contribution in [-0.4, -0.2) is 43.5 Å². The number of halogens is 1. The molecule has 1 N–H and O–H groups in total. The molecule has 1 saturated heterocycles. The summed E-state index contributed by atoms with van der Waals surface area (Å²) >= 11 is 0. The molecule has 1 aromatic carbocycles. The number of rotatable bonds is 4. The monoisotopic (exact) mass is 303 g/mol. The standard InChI is InChI=1S/C12H14FNO5S/c1-19-8-4-5-11(9(13)7-8)20(17,18)14-6-2-3-10(14)12(15)16/h4-5,7,10H,2-3,6H2,1H3,(H,15,16)/t10-/m0/s1. The van der Waals surface area contributed by atoms with Gasteiger partial charge in [0.25, 0.3) is 0 Å². The van der Waals surface area contributed by atoms with Crippen LogP contribution < -0.4 is 4.74 Å². The highest BCUT2D eigenvalue weighted by Crippen LogP contribution is 2.29. The van der Waals surface area contributed by atoms with Crippen molar-refractivity contribution in [3.63, 3.8) is 0 Å². The lowest BCUT2D eigenvalue weighted by atomic mass is 10.2. The van der Waals surface area contributed by atoms with Crippen LogP contribution in [0, 0.1) is 5.82 Å². The van der Waals surface area contributed by atoms with Crippen LogP contribution in [0.25, 0.3) is 0 Å². The lowest BCUT2D eigenvalue weighted by Gasteiger charge is -2.21. The van der Waals surface area contributed by atoms with E-state index in [1.807, 2.05) is 0 Å². The number of hydrogen-bond donors (Lipinski definition) is 1. The molecule has 8 heteroatoms. The van der Waals surface area contributed by atoms with Crippen molar-refractivity contribution < 1.29 is 27.4 Å². The first-order chi connectivity index (χ1) is 9.37. The number of ether oxygens (including phenoxy) is 1. The van der Waals surface area contributed by atoms with Crippen molar-refractivity contribution in [3.05, 3.63) is 24.0 Å². The summed E-state index contributed by atoms with van der Waals surface area (Å²) in [5.41, 5.74) is 0. The Hall–Kier alpha value is -1.67. The van der Waals surface area contributed by atoms with E-state index in [4.69, 9.17) is 9.84 Å². The molecule has 1 aromatic rings. The maximum Gasteiger partial charge on any atom is 0.322 e. The van der Waals surface area contributed by atoms with Gasteiger partial charge in [-0.2, -0.15) is 4.31 Å². The van der Waals surface area contributed by atoms with E-state index in [0.29, 0.717) is 6.42 Å². The maximum atomic E-state index is 13.9. The fraction of sp³-hybridized carbons (Fsp3) is 0.417. The van der Waals surface area contributed by atoms with Crippen LogP contribution in [0.5, 0.6) is 5.75 Å². The number of nitrogens with zero attached hydrogens (tertiary/aromatic N) is 1. The summed E-state index contributed by atoms with van der Waals surface area (Å²) in [6.45, 7) is 0.0742. The number of aliphatic carboxylic acids is 1. The van der Waals surface area contributed by atoms with Crippen molar-refractivity contribution in [3.8, 4) is 5.75 Å². The van der Waals surface area contributed by atoms with E-state index in [0.717, 1.165) is 16.4 Å². The third kappa shape index (κ3) is 2.48. The summed E-state index contributed by atoms with van der Waals surface area (Å²) in [5.74, 6) is -1.99. The van der Waals surface area contributed by atoms with Crippen molar-refractivity contribution in [2.24, 2.45) is 0 Å². The predicted octanol–water partition coefficient (Wildman–Crippen LogP) is 1.07. The van der Waals surface area contributed by atoms with Gasteiger partial charge in [0.15, 0.2) is 0 Å². The molecule has 1 atom stereocenters. The van der Waals surface area contributed by atoms with Crippen molar-refractivity contribution in [1.82, 2.24) is 4.31 Å². The van der Waals surface area contributed by atoms with Crippen LogP contribution in [-0.2, 0) is 14.8 Å². The Bertz CT molecular complexity index is 631. The number of sulfonamides is 1. The summed E-state index contributed by atoms with van der Waals surface area (Å²) < 4.78 is 44.2. The molecule has 6 nitrogen and oxygen atoms in total. The van der Waals surface area contributed by atoms with Crippen LogP contribution in [0.2, 0.25) is 0 Å². The quantitative estimate of drug-likeness (QED) is 0.899. The van der Waals surface area contributed by atoms with Gasteiger partial charge < -0.3 is 9.84 Å². The summed E-state index contributed by atoms with van der Waals surface area (Å²) in [4.78, 5) is 10.5. The normalized spacial score (nSPS) is 20.0. The minimum atomic E-state index is -4.17. The van der Waals surface area contributed by atoms with E-state index >= 15 is 0 Å². The van der Waals surface area contributed by atoms with E-state index in [1.54, 1.807) is 0 Å². The number of methoxy groups -OCH3 is 1. The average Bonchev–Trinajstić information content (AvgIpc) is 2.88. The molecule has 1 fully saturated rings. The fourth-order valence-corrected chi connectivity index (χ4v) is 3.92. The molecule has 110 valence electrons. The third-order valence-corrected chi connectivity index (χ3v) is 5.16. The third-order valence-electron chi connectivity index (χ3n) is 3.21. The SMILES string of the molecule is COc1ccc(S(=O)(=O)N2CCC[C@H]2C(=O)O)c(F)c1. The van der Waals surface area contributed by atoms with Gasteiger partial charge in [0.1, 0.15) is 22.5 Å². The second kappa shape index (κ2) is 5.37. The molecular formula is C12H14FNO5S. The zero-order valence-corrected chi connectivity index (χ0v) is 11.6. The Labute approximate surface area is 115 Å². The second-order valence-electron chi connectivity index (χ2n) is 4.41. The molecule has 0 bridgehead atoms. The van der Waals surface area contributed by atoms with Gasteiger partial charge in [-0.05, 0) is 25.0 Å². The van der Waals surface area contributed by atoms with E-state index < -0.39 is 32.7 Å². The first-order valence-corrected chi connectivity index (χ1v) is 7.40. The number of carbonyl (C=O) groups is 1. The molecular weight excluding hydrogens is 289 g/mol. The van der Waals surface area contributed by atoms with E-state index in [2.05, 4.69) is 0 Å². The van der Waals surface area contributed by atoms with Gasteiger partial charge in [-0.25, -0.2) is 12.8 Å². The largest absolute Gasteiger partial charge is 0.497 e. The van der Waals surface area contributed by atoms with Gasteiger partial charge >= 0.3 is 5.97 Å². The predicted molar refractivity (Wildman–Crippen MR) is 67.5 cm³/mol. The van der Waals surface area contributed by atoms with Gasteiger partial charge in [-0.1, -0.05) is 0 Å². The Morgan fingerprint density at radius 2 is 2.20 bits per heavy atom. The first kappa shape index (κ1) is 14.7. The van der Waals surface area contributed by atoms with Crippen LogP contribution in [0.3, 0.4) is 0 Å². The fourth-order valence-electron chi connectivity index (χ4n) is 2.22. The molecule has 0 saturated carbocycles. The van der Waals surface area contributed by atoms with Crippen LogP contribution in [0.15, 0.2) is 23.1 Å². The van der Waals surface area contributed by atoms with Gasteiger partial charge in [0, 0.05) is 12.6 Å². The minimum Gasteiger partial charge on any atom is -0.497 e. The molecule has 0 unspecified atom stereocenters. The molecule has 0 aromatic heterocycles. The summed E-state index contributed by atoms with van der Waals surface area (Å²) in [5, 5.41) is 9.03. The van der Waals surface area contributed by atoms with Gasteiger partial charge in [-0.15, -0.1) is 0 Å². The average molecular weight is 303 g/mol. The van der Waals surface area contributed by atoms with Crippen molar-refractivity contribution in [1.29, 1.82) is 0 Å². The number of benzene rings is 1. The highest BCUT2D eigenvalue weighted by molar-refractivity contribution is 7.89. The molecule has 1 aliphatic rings. The van der Waals surface area contributed by atoms with Crippen molar-refractivity contribution in [2.45, 2.75) is 23.8 Å². The van der Waals surface area contributed by atoms with Crippen LogP contribution in [0.1, 0.15) is 12.8 Å². The van der Waals surface area contributed by atoms with Gasteiger partial charge in [-0.3, -0.25) is 4.79 Å². The van der Waals surface area contributed by atoms with Gasteiger partial charge in [0.05, 0.1) is 7.11 Å². The summed E-state index contributed by atoms with van der Waals surface area (Å²) in [6.07, 6.45) is 0.667. The zero-order valence-electron chi connectivity index (χ0n) is 10.7. The Balaban J connectivity index is 2.42. The Morgan fingerprint density at radius 1 is 1.50 bits per heavy atom. The second-order valence-corrected chi connectivity index (χ2v) is 6.27. The zero-order chi connectivity index (χ0) is 14.9. The topological polar surface area (TPSA) is 83.9 Å². The van der Waals surface area contributed by atoms with Crippen LogP contribution in [0.4, 0.5) is 4.39 Å². The molecule has 1 aliphatic heterocycles. The first-order valence-electron chi connectivity index (χ1n) is 5.96. The number of carboxylic acid groups (broad SMARTS) is 1. The van der Waals surface area contributed by atoms with E-state index in [9.17, 15) is 17.6 Å². The minimum absolute atomic E-state index is 0.0742. The lowest BCUT2D eigenvalue weighted by Crippen LogP contribution is -2.40. The van der Waals surface area contributed by atoms with E-state index in [1.165, 1.54) is 13.2 Å². The molecule has 0 amide bonds. The molecule has 0 aliphatic carbocycles. The maximum absolute atomic E-state index is 13.9. The molecule has 0 spiro atoms. The molecule has 2 rings (SSSR count). The van der Waals surface area contributed by atoms with Crippen molar-refractivity contribution in [2.75, 3.05) is 13.7 Å². The summed E-state index contributed by atoms with van der Waals surface area (Å²) in [6, 6.07) is 2.22. The number of carboxylic acids is 1. The highest BCUT2D eigenvalue weighted by atomic mass is 32.2. The molecule has 20 heavy (non-hydrogen) atoms. The smallest absolute Gasteiger partial charge is 0.322 e. The molecule has 1 heterocycles. The van der Waals surface area contributed by atoms with E-state index in [-0.39, 0.29) is 18.7 Å². The summed E-state index contributed by atoms with van der Waals surface area (Å²) in [7, 11) is -2.83. The van der Waals surface area contributed by atoms with Crippen molar-refractivity contribution >= 4 is 16.0 Å². The lowest BCUT2D eigenvalue weighted by molar-refractivity contribution is -0.140. The Morgan fingerprint density at radius 3 is 2.75 bits per heavy atom.